The van der Waals surface area contributed by atoms with Crippen LogP contribution in [0.3, 0.4) is 0 Å². The quantitative estimate of drug-likeness (QED) is 0.120. The molecule has 0 saturated carbocycles. The Labute approximate surface area is 312 Å². The predicted molar refractivity (Wildman–Crippen MR) is 214 cm³/mol. The molecule has 0 fully saturated rings. The summed E-state index contributed by atoms with van der Waals surface area (Å²) in [5.74, 6) is -1.11. The van der Waals surface area contributed by atoms with Gasteiger partial charge in [-0.25, -0.2) is 4.90 Å². The molecule has 0 aromatic heterocycles. The van der Waals surface area contributed by atoms with Crippen LogP contribution in [0.1, 0.15) is 41.4 Å². The number of hydrogen-bond acceptors (Lipinski definition) is 5. The van der Waals surface area contributed by atoms with Crippen molar-refractivity contribution >= 4 is 63.5 Å². The molecule has 0 radical (unpaired) electrons. The number of carbonyl (C=O) groups excluding carboxylic acids is 4. The molecular weight excluding hydrogens is 691 g/mol. The molecule has 8 heteroatoms. The fourth-order valence-corrected chi connectivity index (χ4v) is 12.5. The van der Waals surface area contributed by atoms with Gasteiger partial charge in [0.25, 0.3) is 11.8 Å². The third-order valence-electron chi connectivity index (χ3n) is 10.1. The summed E-state index contributed by atoms with van der Waals surface area (Å²) in [6.45, 7) is 0. The van der Waals surface area contributed by atoms with Gasteiger partial charge >= 0.3 is 245 Å². The first kappa shape index (κ1) is 32.9. The molecular formula is C46H31N2O5P. The minimum Gasteiger partial charge on any atom is -0.268 e. The molecule has 0 aliphatic carbocycles. The molecule has 0 spiro atoms. The van der Waals surface area contributed by atoms with Gasteiger partial charge in [-0.05, 0) is 12.1 Å². The number of imide groups is 2. The molecule has 2 heterocycles. The van der Waals surface area contributed by atoms with Crippen LogP contribution in [0.5, 0.6) is 11.5 Å². The fourth-order valence-electron chi connectivity index (χ4n) is 7.69. The van der Waals surface area contributed by atoms with E-state index in [2.05, 4.69) is 78.9 Å². The standard InChI is InChI=1S/C46H31N2O5P/c49-43-39-26-24-33(29-41(39)45(51)47(43)31-14-5-1-6-15-31)53-34-25-27-40-42(30-34)46(52)48(44(40)50)32-16-13-23-38(28-32)54(35-17-7-2-8-18-35,36-19-9-3-10-20-36)37-21-11-4-12-22-37/h1-30,54H. The number of carbonyl (C=O) groups is 4. The van der Waals surface area contributed by atoms with Gasteiger partial charge in [-0.3, -0.25) is 9.59 Å². The number of rotatable bonds is 8. The Morgan fingerprint density at radius 1 is 0.333 bits per heavy atom. The Hall–Kier alpha value is -6.95. The molecule has 0 saturated heterocycles. The van der Waals surface area contributed by atoms with E-state index in [9.17, 15) is 19.2 Å². The Balaban J connectivity index is 1.06. The van der Waals surface area contributed by atoms with Crippen molar-refractivity contribution in [1.29, 1.82) is 0 Å². The normalized spacial score (nSPS) is 13.9. The summed E-state index contributed by atoms with van der Waals surface area (Å²) in [4.78, 5) is 56.9. The summed E-state index contributed by atoms with van der Waals surface area (Å²) >= 11 is 0. The number of benzene rings is 7. The molecule has 7 aromatic carbocycles. The van der Waals surface area contributed by atoms with E-state index >= 15 is 0 Å². The summed E-state index contributed by atoms with van der Waals surface area (Å²) in [5.41, 5.74) is 1.94. The van der Waals surface area contributed by atoms with Gasteiger partial charge < -0.3 is 0 Å². The molecule has 7 nitrogen and oxygen atoms in total. The van der Waals surface area contributed by atoms with Gasteiger partial charge in [-0.2, -0.15) is 0 Å². The van der Waals surface area contributed by atoms with Crippen molar-refractivity contribution in [2.24, 2.45) is 0 Å². The van der Waals surface area contributed by atoms with Crippen LogP contribution in [0.15, 0.2) is 182 Å². The van der Waals surface area contributed by atoms with E-state index in [0.29, 0.717) is 22.9 Å². The maximum atomic E-state index is 14.2. The zero-order valence-electron chi connectivity index (χ0n) is 28.8. The van der Waals surface area contributed by atoms with Crippen molar-refractivity contribution in [2.45, 2.75) is 0 Å². The number of amides is 4. The monoisotopic (exact) mass is 722 g/mol. The van der Waals surface area contributed by atoms with Crippen LogP contribution in [0.4, 0.5) is 11.4 Å². The average molecular weight is 723 g/mol. The van der Waals surface area contributed by atoms with E-state index in [-0.39, 0.29) is 22.3 Å². The number of anilines is 2. The Morgan fingerprint density at radius 2 is 0.704 bits per heavy atom. The van der Waals surface area contributed by atoms with Crippen LogP contribution in [0, 0.1) is 0 Å². The van der Waals surface area contributed by atoms with Crippen LogP contribution in [-0.4, -0.2) is 23.6 Å². The van der Waals surface area contributed by atoms with Gasteiger partial charge in [0.1, 0.15) is 0 Å². The second-order valence-electron chi connectivity index (χ2n) is 13.1. The van der Waals surface area contributed by atoms with Crippen LogP contribution in [0.25, 0.3) is 0 Å². The second kappa shape index (κ2) is 13.2. The van der Waals surface area contributed by atoms with Crippen molar-refractivity contribution in [2.75, 3.05) is 9.80 Å². The molecule has 0 bridgehead atoms. The van der Waals surface area contributed by atoms with E-state index in [0.717, 1.165) is 10.2 Å². The van der Waals surface area contributed by atoms with Crippen LogP contribution >= 0.6 is 7.26 Å². The van der Waals surface area contributed by atoms with Crippen LogP contribution < -0.4 is 35.8 Å². The van der Waals surface area contributed by atoms with Gasteiger partial charge in [0, 0.05) is 0 Å². The van der Waals surface area contributed by atoms with Crippen molar-refractivity contribution < 1.29 is 23.9 Å². The van der Waals surface area contributed by atoms with Crippen molar-refractivity contribution in [3.63, 3.8) is 0 Å². The maximum absolute atomic E-state index is 14.2. The molecule has 2 aliphatic heterocycles. The third-order valence-corrected chi connectivity index (χ3v) is 14.9. The first-order valence-electron chi connectivity index (χ1n) is 17.5. The first-order chi connectivity index (χ1) is 26.4. The van der Waals surface area contributed by atoms with E-state index in [1.165, 1.54) is 26.9 Å². The molecule has 0 N–H and O–H groups in total. The summed E-state index contributed by atoms with van der Waals surface area (Å²) < 4.78 is 6.13. The number of fused-ring (bicyclic) bond motifs is 2. The minimum atomic E-state index is -2.92. The Morgan fingerprint density at radius 3 is 1.17 bits per heavy atom. The topological polar surface area (TPSA) is 84.0 Å². The van der Waals surface area contributed by atoms with Crippen LogP contribution in [-0.2, 0) is 0 Å². The van der Waals surface area contributed by atoms with Gasteiger partial charge in [-0.15, -0.1) is 0 Å². The van der Waals surface area contributed by atoms with Gasteiger partial charge in [-0.1, -0.05) is 18.2 Å². The van der Waals surface area contributed by atoms with Crippen LogP contribution in [0.2, 0.25) is 0 Å². The molecule has 260 valence electrons. The van der Waals surface area contributed by atoms with Gasteiger partial charge in [0.05, 0.1) is 11.3 Å². The summed E-state index contributed by atoms with van der Waals surface area (Å²) in [6.07, 6.45) is 0. The zero-order chi connectivity index (χ0) is 36.8. The van der Waals surface area contributed by atoms with E-state index in [4.69, 9.17) is 4.74 Å². The van der Waals surface area contributed by atoms with Crippen molar-refractivity contribution in [3.05, 3.63) is 204 Å². The number of nitrogens with zero attached hydrogens (tertiary/aromatic N) is 2. The molecule has 9 rings (SSSR count). The smallest absolute Gasteiger partial charge is 0.268 e. The number of ether oxygens (including phenoxy) is 1. The predicted octanol–water partition coefficient (Wildman–Crippen LogP) is 7.43. The molecule has 0 unspecified atom stereocenters. The van der Waals surface area contributed by atoms with E-state index in [1.807, 2.05) is 36.4 Å². The van der Waals surface area contributed by atoms with Gasteiger partial charge in [0.2, 0.25) is 0 Å². The second-order valence-corrected chi connectivity index (χ2v) is 17.0. The third kappa shape index (κ3) is 5.25. The first-order valence-corrected chi connectivity index (χ1v) is 19.5. The molecule has 4 amide bonds. The molecule has 0 atom stereocenters. The van der Waals surface area contributed by atoms with E-state index < -0.39 is 30.9 Å². The Bertz CT molecular complexity index is 2520. The summed E-state index contributed by atoms with van der Waals surface area (Å²) in [5, 5.41) is 4.55. The molecule has 7 aromatic rings. The zero-order valence-corrected chi connectivity index (χ0v) is 29.8. The Kier molecular flexibility index (Phi) is 8.07. The fraction of sp³-hybridized carbons (Fsp3) is 0. The number of hydrogen-bond donors (Lipinski definition) is 0. The summed E-state index contributed by atoms with van der Waals surface area (Å²) in [7, 11) is -2.92. The van der Waals surface area contributed by atoms with Crippen molar-refractivity contribution in [1.82, 2.24) is 0 Å². The minimum absolute atomic E-state index is 0.211. The number of para-hydroxylation sites is 1. The van der Waals surface area contributed by atoms with Gasteiger partial charge in [0.15, 0.2) is 0 Å². The molecule has 54 heavy (non-hydrogen) atoms. The summed E-state index contributed by atoms with van der Waals surface area (Å²) in [6, 6.07) is 57.3. The van der Waals surface area contributed by atoms with E-state index in [1.54, 1.807) is 60.7 Å². The average Bonchev–Trinajstić information content (AvgIpc) is 3.62. The SMILES string of the molecule is O=C1c2ccc(Oc3ccc4c(c3)C(=O)N(c3cccc([PH](c5ccccc5)(c5ccccc5)c5ccccc5)c3)C4=O)cc2C(=O)N1c1ccccc1. The molecule has 2 aliphatic rings. The van der Waals surface area contributed by atoms with Crippen molar-refractivity contribution in [3.8, 4) is 11.5 Å².